The van der Waals surface area contributed by atoms with E-state index < -0.39 is 0 Å². The number of aromatic nitrogens is 7. The summed E-state index contributed by atoms with van der Waals surface area (Å²) in [4.78, 5) is 8.54. The van der Waals surface area contributed by atoms with Gasteiger partial charge < -0.3 is 4.74 Å². The highest BCUT2D eigenvalue weighted by Crippen LogP contribution is 2.27. The molecule has 132 valence electrons. The molecule has 0 saturated carbocycles. The van der Waals surface area contributed by atoms with Gasteiger partial charge in [0.15, 0.2) is 0 Å². The molecule has 0 radical (unpaired) electrons. The lowest BCUT2D eigenvalue weighted by Gasteiger charge is -2.11. The number of hydrogen-bond donors (Lipinski definition) is 0. The molecule has 1 aromatic carbocycles. The second-order valence-electron chi connectivity index (χ2n) is 5.79. The lowest BCUT2D eigenvalue weighted by Crippen LogP contribution is -2.03. The van der Waals surface area contributed by atoms with Crippen LogP contribution in [0.25, 0.3) is 17.1 Å². The van der Waals surface area contributed by atoms with Crippen molar-refractivity contribution in [3.63, 3.8) is 0 Å². The van der Waals surface area contributed by atoms with Crippen LogP contribution >= 0.6 is 0 Å². The number of ether oxygens (including phenoxy) is 1. The van der Waals surface area contributed by atoms with Crippen LogP contribution in [0.5, 0.6) is 5.75 Å². The molecule has 0 aliphatic rings. The van der Waals surface area contributed by atoms with Gasteiger partial charge in [-0.15, -0.1) is 0 Å². The van der Waals surface area contributed by atoms with Crippen molar-refractivity contribution in [2.75, 3.05) is 7.11 Å². The van der Waals surface area contributed by atoms with Gasteiger partial charge in [-0.3, -0.25) is 9.25 Å². The van der Waals surface area contributed by atoms with Crippen molar-refractivity contribution in [2.24, 2.45) is 0 Å². The standard InChI is InChI=1S/C18H19N7O/c1-3-23-11-16(9-21-23)25-7-6-20-18(25)14-4-5-17(26-2)15(8-14)10-24-13-19-12-22-24/h4-9,11-13H,3,10H2,1-2H3. The number of benzene rings is 1. The van der Waals surface area contributed by atoms with E-state index in [-0.39, 0.29) is 0 Å². The number of rotatable bonds is 6. The third-order valence-corrected chi connectivity index (χ3v) is 4.20. The molecular formula is C18H19N7O. The first-order chi connectivity index (χ1) is 12.8. The minimum atomic E-state index is 0.575. The molecule has 0 spiro atoms. The molecule has 0 fully saturated rings. The minimum absolute atomic E-state index is 0.575. The molecule has 8 nitrogen and oxygen atoms in total. The maximum Gasteiger partial charge on any atom is 0.144 e. The Balaban J connectivity index is 1.73. The summed E-state index contributed by atoms with van der Waals surface area (Å²) in [6, 6.07) is 6.03. The van der Waals surface area contributed by atoms with E-state index in [1.54, 1.807) is 24.3 Å². The molecule has 8 heteroatoms. The molecule has 0 amide bonds. The van der Waals surface area contributed by atoms with Gasteiger partial charge in [0.2, 0.25) is 0 Å². The quantitative estimate of drug-likeness (QED) is 0.534. The average Bonchev–Trinajstić information content (AvgIpc) is 3.42. The Labute approximate surface area is 150 Å². The van der Waals surface area contributed by atoms with E-state index in [4.69, 9.17) is 4.74 Å². The zero-order valence-electron chi connectivity index (χ0n) is 14.6. The van der Waals surface area contributed by atoms with Crippen LogP contribution < -0.4 is 4.74 Å². The molecule has 0 bridgehead atoms. The van der Waals surface area contributed by atoms with Crippen molar-refractivity contribution in [2.45, 2.75) is 20.0 Å². The SMILES string of the molecule is CCn1cc(-n2ccnc2-c2ccc(OC)c(Cn3cncn3)c2)cn1. The fraction of sp³-hybridized carbons (Fsp3) is 0.222. The molecule has 26 heavy (non-hydrogen) atoms. The fourth-order valence-corrected chi connectivity index (χ4v) is 2.91. The lowest BCUT2D eigenvalue weighted by atomic mass is 10.1. The van der Waals surface area contributed by atoms with Crippen LogP contribution in [0, 0.1) is 0 Å². The fourth-order valence-electron chi connectivity index (χ4n) is 2.91. The van der Waals surface area contributed by atoms with E-state index in [1.165, 1.54) is 6.33 Å². The van der Waals surface area contributed by atoms with Crippen molar-refractivity contribution in [1.29, 1.82) is 0 Å². The van der Waals surface area contributed by atoms with Gasteiger partial charge in [-0.1, -0.05) is 0 Å². The minimum Gasteiger partial charge on any atom is -0.496 e. The predicted molar refractivity (Wildman–Crippen MR) is 96.1 cm³/mol. The maximum atomic E-state index is 5.50. The van der Waals surface area contributed by atoms with Crippen LogP contribution in [0.15, 0.2) is 55.6 Å². The molecule has 3 aromatic heterocycles. The number of nitrogens with zero attached hydrogens (tertiary/aromatic N) is 7. The van der Waals surface area contributed by atoms with E-state index >= 15 is 0 Å². The molecular weight excluding hydrogens is 330 g/mol. The number of hydrogen-bond acceptors (Lipinski definition) is 5. The molecule has 0 aliphatic heterocycles. The summed E-state index contributed by atoms with van der Waals surface area (Å²) in [5.41, 5.74) is 2.98. The van der Waals surface area contributed by atoms with Gasteiger partial charge in [-0.25, -0.2) is 14.6 Å². The Bertz CT molecular complexity index is 1000. The molecule has 0 aliphatic carbocycles. The number of aryl methyl sites for hydroxylation is 1. The predicted octanol–water partition coefficient (Wildman–Crippen LogP) is 2.40. The third kappa shape index (κ3) is 2.97. The Kier molecular flexibility index (Phi) is 4.22. The zero-order chi connectivity index (χ0) is 17.9. The first kappa shape index (κ1) is 16.1. The lowest BCUT2D eigenvalue weighted by molar-refractivity contribution is 0.407. The van der Waals surface area contributed by atoms with E-state index in [0.29, 0.717) is 6.54 Å². The molecule has 0 N–H and O–H groups in total. The van der Waals surface area contributed by atoms with Crippen molar-refractivity contribution in [1.82, 2.24) is 34.1 Å². The van der Waals surface area contributed by atoms with E-state index in [2.05, 4.69) is 33.2 Å². The second kappa shape index (κ2) is 6.83. The average molecular weight is 349 g/mol. The summed E-state index contributed by atoms with van der Waals surface area (Å²) in [6.45, 7) is 3.46. The van der Waals surface area contributed by atoms with Crippen LogP contribution in [0.2, 0.25) is 0 Å². The normalized spacial score (nSPS) is 11.0. The van der Waals surface area contributed by atoms with Gasteiger partial charge in [0, 0.05) is 36.3 Å². The molecule has 0 atom stereocenters. The first-order valence-corrected chi connectivity index (χ1v) is 8.34. The zero-order valence-corrected chi connectivity index (χ0v) is 14.6. The monoisotopic (exact) mass is 349 g/mol. The van der Waals surface area contributed by atoms with Gasteiger partial charge in [-0.05, 0) is 25.1 Å². The number of imidazole rings is 1. The van der Waals surface area contributed by atoms with Crippen molar-refractivity contribution < 1.29 is 4.74 Å². The van der Waals surface area contributed by atoms with E-state index in [1.807, 2.05) is 40.0 Å². The van der Waals surface area contributed by atoms with Crippen molar-refractivity contribution >= 4 is 0 Å². The van der Waals surface area contributed by atoms with Gasteiger partial charge >= 0.3 is 0 Å². The second-order valence-corrected chi connectivity index (χ2v) is 5.79. The first-order valence-electron chi connectivity index (χ1n) is 8.34. The van der Waals surface area contributed by atoms with Crippen molar-refractivity contribution in [3.8, 4) is 22.8 Å². The molecule has 0 unspecified atom stereocenters. The van der Waals surface area contributed by atoms with E-state index in [9.17, 15) is 0 Å². The van der Waals surface area contributed by atoms with Crippen LogP contribution in [-0.4, -0.2) is 41.2 Å². The summed E-state index contributed by atoms with van der Waals surface area (Å²) in [7, 11) is 1.67. The smallest absolute Gasteiger partial charge is 0.144 e. The molecule has 4 aromatic rings. The molecule has 4 rings (SSSR count). The Morgan fingerprint density at radius 3 is 2.81 bits per heavy atom. The molecule has 3 heterocycles. The summed E-state index contributed by atoms with van der Waals surface area (Å²) in [5.74, 6) is 1.66. The Hall–Kier alpha value is -3.42. The highest BCUT2D eigenvalue weighted by atomic mass is 16.5. The summed E-state index contributed by atoms with van der Waals surface area (Å²) in [6.07, 6.45) is 10.8. The highest BCUT2D eigenvalue weighted by molar-refractivity contribution is 5.61. The van der Waals surface area contributed by atoms with E-state index in [0.717, 1.165) is 34.9 Å². The van der Waals surface area contributed by atoms with Crippen LogP contribution in [0.4, 0.5) is 0 Å². The Morgan fingerprint density at radius 2 is 2.08 bits per heavy atom. The third-order valence-electron chi connectivity index (χ3n) is 4.20. The summed E-state index contributed by atoms with van der Waals surface area (Å²) >= 11 is 0. The van der Waals surface area contributed by atoms with Gasteiger partial charge in [0.1, 0.15) is 24.2 Å². The number of methoxy groups -OCH3 is 1. The van der Waals surface area contributed by atoms with Crippen LogP contribution in [0.1, 0.15) is 12.5 Å². The highest BCUT2D eigenvalue weighted by Gasteiger charge is 2.13. The summed E-state index contributed by atoms with van der Waals surface area (Å²) < 4.78 is 11.2. The summed E-state index contributed by atoms with van der Waals surface area (Å²) in [5, 5.41) is 8.52. The van der Waals surface area contributed by atoms with Crippen LogP contribution in [0.3, 0.4) is 0 Å². The maximum absolute atomic E-state index is 5.50. The Morgan fingerprint density at radius 1 is 1.15 bits per heavy atom. The molecule has 0 saturated heterocycles. The largest absolute Gasteiger partial charge is 0.496 e. The van der Waals surface area contributed by atoms with Gasteiger partial charge in [0.05, 0.1) is 25.5 Å². The van der Waals surface area contributed by atoms with Gasteiger partial charge in [0.25, 0.3) is 0 Å². The topological polar surface area (TPSA) is 75.6 Å². The van der Waals surface area contributed by atoms with Crippen molar-refractivity contribution in [3.05, 3.63) is 61.2 Å². The van der Waals surface area contributed by atoms with Gasteiger partial charge in [-0.2, -0.15) is 10.2 Å². The van der Waals surface area contributed by atoms with Crippen LogP contribution in [-0.2, 0) is 13.1 Å².